The smallest absolute Gasteiger partial charge is 0.332 e. The van der Waals surface area contributed by atoms with Gasteiger partial charge in [0.15, 0.2) is 0 Å². The fraction of sp³-hybridized carbons (Fsp3) is 0.600. The number of rotatable bonds is 2. The third kappa shape index (κ3) is 1.22. The molecule has 0 amide bonds. The van der Waals surface area contributed by atoms with Crippen molar-refractivity contribution in [2.24, 2.45) is 11.8 Å². The average Bonchev–Trinajstić information content (AvgIpc) is 2.17. The van der Waals surface area contributed by atoms with Crippen LogP contribution in [-0.4, -0.2) is 22.2 Å². The zero-order chi connectivity index (χ0) is 10.3. The third-order valence-electron chi connectivity index (χ3n) is 3.29. The topological polar surface area (TPSA) is 74.6 Å². The number of aliphatic carboxylic acids is 2. The maximum Gasteiger partial charge on any atom is 0.332 e. The minimum Gasteiger partial charge on any atom is -0.478 e. The van der Waals surface area contributed by atoms with Crippen LogP contribution in [0.3, 0.4) is 0 Å². The predicted octanol–water partition coefficient (Wildman–Crippen LogP) is 1.27. The number of carboxylic acid groups (broad SMARTS) is 2. The van der Waals surface area contributed by atoms with Crippen LogP contribution in [0.25, 0.3) is 0 Å². The molecule has 4 heteroatoms. The first-order valence-electron chi connectivity index (χ1n) is 4.82. The summed E-state index contributed by atoms with van der Waals surface area (Å²) in [5.41, 5.74) is 0.333. The molecular weight excluding hydrogens is 184 g/mol. The van der Waals surface area contributed by atoms with Gasteiger partial charge in [-0.15, -0.1) is 0 Å². The zero-order valence-electron chi connectivity index (χ0n) is 7.69. The van der Waals surface area contributed by atoms with Gasteiger partial charge in [0.2, 0.25) is 0 Å². The summed E-state index contributed by atoms with van der Waals surface area (Å²) < 4.78 is 0. The molecule has 0 saturated heterocycles. The van der Waals surface area contributed by atoms with E-state index in [4.69, 9.17) is 10.2 Å². The van der Waals surface area contributed by atoms with E-state index in [-0.39, 0.29) is 23.0 Å². The van der Waals surface area contributed by atoms with E-state index in [1.54, 1.807) is 0 Å². The van der Waals surface area contributed by atoms with E-state index in [1.165, 1.54) is 0 Å². The zero-order valence-corrected chi connectivity index (χ0v) is 7.69. The molecule has 1 fully saturated rings. The molecule has 3 aliphatic rings. The second-order valence-electron chi connectivity index (χ2n) is 3.99. The van der Waals surface area contributed by atoms with Gasteiger partial charge in [-0.25, -0.2) is 9.59 Å². The van der Waals surface area contributed by atoms with Crippen LogP contribution in [0.1, 0.15) is 25.7 Å². The van der Waals surface area contributed by atoms with Crippen LogP contribution in [-0.2, 0) is 9.59 Å². The highest BCUT2D eigenvalue weighted by atomic mass is 16.4. The second-order valence-corrected chi connectivity index (χ2v) is 3.99. The number of hydrogen-bond donors (Lipinski definition) is 2. The summed E-state index contributed by atoms with van der Waals surface area (Å²) in [7, 11) is 0. The van der Waals surface area contributed by atoms with Gasteiger partial charge in [-0.3, -0.25) is 0 Å². The maximum absolute atomic E-state index is 10.9. The molecule has 0 atom stereocenters. The third-order valence-corrected chi connectivity index (χ3v) is 3.29. The Balaban J connectivity index is 2.50. The molecule has 0 spiro atoms. The summed E-state index contributed by atoms with van der Waals surface area (Å²) in [6, 6.07) is 0. The normalized spacial score (nSPS) is 30.6. The van der Waals surface area contributed by atoms with Gasteiger partial charge in [0.1, 0.15) is 0 Å². The monoisotopic (exact) mass is 196 g/mol. The lowest BCUT2D eigenvalue weighted by molar-refractivity contribution is -0.138. The summed E-state index contributed by atoms with van der Waals surface area (Å²) in [5, 5.41) is 17.9. The van der Waals surface area contributed by atoms with Gasteiger partial charge < -0.3 is 10.2 Å². The van der Waals surface area contributed by atoms with Crippen molar-refractivity contribution in [3.8, 4) is 0 Å². The maximum atomic E-state index is 10.9. The van der Waals surface area contributed by atoms with E-state index in [1.807, 2.05) is 0 Å². The van der Waals surface area contributed by atoms with Crippen LogP contribution < -0.4 is 0 Å². The summed E-state index contributed by atoms with van der Waals surface area (Å²) in [4.78, 5) is 21.9. The first kappa shape index (κ1) is 9.24. The van der Waals surface area contributed by atoms with Crippen molar-refractivity contribution in [2.75, 3.05) is 0 Å². The lowest BCUT2D eigenvalue weighted by Gasteiger charge is -2.36. The van der Waals surface area contributed by atoms with Crippen LogP contribution >= 0.6 is 0 Å². The van der Waals surface area contributed by atoms with Crippen LogP contribution in [0.15, 0.2) is 11.1 Å². The van der Waals surface area contributed by atoms with Crippen LogP contribution in [0, 0.1) is 11.8 Å². The number of hydrogen-bond acceptors (Lipinski definition) is 2. The minimum absolute atomic E-state index is 0.0244. The lowest BCUT2D eigenvalue weighted by Crippen LogP contribution is -2.33. The molecule has 2 bridgehead atoms. The quantitative estimate of drug-likeness (QED) is 0.697. The Kier molecular flexibility index (Phi) is 2.06. The van der Waals surface area contributed by atoms with Crippen molar-refractivity contribution in [3.05, 3.63) is 11.1 Å². The second kappa shape index (κ2) is 3.12. The Morgan fingerprint density at radius 1 is 0.857 bits per heavy atom. The Labute approximate surface area is 81.2 Å². The van der Waals surface area contributed by atoms with Crippen molar-refractivity contribution in [1.82, 2.24) is 0 Å². The highest BCUT2D eigenvalue weighted by molar-refractivity contribution is 6.00. The van der Waals surface area contributed by atoms with Crippen LogP contribution in [0.5, 0.6) is 0 Å². The summed E-state index contributed by atoms with van der Waals surface area (Å²) >= 11 is 0. The van der Waals surface area contributed by atoms with Crippen LogP contribution in [0.4, 0.5) is 0 Å². The van der Waals surface area contributed by atoms with Crippen molar-refractivity contribution in [2.45, 2.75) is 25.7 Å². The van der Waals surface area contributed by atoms with E-state index in [0.29, 0.717) is 0 Å². The van der Waals surface area contributed by atoms with E-state index >= 15 is 0 Å². The molecule has 3 aliphatic carbocycles. The molecule has 0 unspecified atom stereocenters. The molecule has 3 rings (SSSR count). The fourth-order valence-corrected chi connectivity index (χ4v) is 2.69. The molecular formula is C10H12O4. The van der Waals surface area contributed by atoms with E-state index in [2.05, 4.69) is 0 Å². The molecule has 4 nitrogen and oxygen atoms in total. The first-order valence-corrected chi connectivity index (χ1v) is 4.82. The number of fused-ring (bicyclic) bond motifs is 2. The Hall–Kier alpha value is -1.32. The van der Waals surface area contributed by atoms with Gasteiger partial charge >= 0.3 is 11.9 Å². The van der Waals surface area contributed by atoms with Crippen molar-refractivity contribution in [1.29, 1.82) is 0 Å². The van der Waals surface area contributed by atoms with Crippen molar-refractivity contribution < 1.29 is 19.8 Å². The molecule has 76 valence electrons. The molecule has 0 aromatic rings. The standard InChI is InChI=1S/C10H12O4/c11-9(12)7-5-1-2-6(4-3-5)8(7)10(13)14/h5-6H,1-4H2,(H,11,12)(H,13,14). The Morgan fingerprint density at radius 3 is 1.36 bits per heavy atom. The van der Waals surface area contributed by atoms with Gasteiger partial charge in [0.25, 0.3) is 0 Å². The molecule has 2 N–H and O–H groups in total. The SMILES string of the molecule is O=C(O)C1=C(C(=O)O)C2CCC1CC2. The fourth-order valence-electron chi connectivity index (χ4n) is 2.69. The largest absolute Gasteiger partial charge is 0.478 e. The number of carbonyl (C=O) groups is 2. The van der Waals surface area contributed by atoms with Crippen molar-refractivity contribution >= 4 is 11.9 Å². The minimum atomic E-state index is -1.04. The van der Waals surface area contributed by atoms with Gasteiger partial charge in [-0.2, -0.15) is 0 Å². The number of carboxylic acids is 2. The Morgan fingerprint density at radius 2 is 1.14 bits per heavy atom. The summed E-state index contributed by atoms with van der Waals surface area (Å²) in [6.07, 6.45) is 3.35. The first-order chi connectivity index (χ1) is 6.61. The Bertz CT molecular complexity index is 289. The molecule has 0 heterocycles. The molecule has 0 aliphatic heterocycles. The van der Waals surface area contributed by atoms with E-state index < -0.39 is 11.9 Å². The van der Waals surface area contributed by atoms with Gasteiger partial charge in [0, 0.05) is 0 Å². The lowest BCUT2D eigenvalue weighted by atomic mass is 9.67. The molecule has 1 saturated carbocycles. The summed E-state index contributed by atoms with van der Waals surface area (Å²) in [6.45, 7) is 0. The predicted molar refractivity (Wildman–Crippen MR) is 47.7 cm³/mol. The molecule has 14 heavy (non-hydrogen) atoms. The van der Waals surface area contributed by atoms with Crippen LogP contribution in [0.2, 0.25) is 0 Å². The average molecular weight is 196 g/mol. The highest BCUT2D eigenvalue weighted by Gasteiger charge is 2.40. The van der Waals surface area contributed by atoms with E-state index in [9.17, 15) is 9.59 Å². The molecule has 0 aromatic heterocycles. The van der Waals surface area contributed by atoms with Gasteiger partial charge in [-0.05, 0) is 37.5 Å². The van der Waals surface area contributed by atoms with Gasteiger partial charge in [-0.1, -0.05) is 0 Å². The van der Waals surface area contributed by atoms with Crippen molar-refractivity contribution in [3.63, 3.8) is 0 Å². The summed E-state index contributed by atoms with van der Waals surface area (Å²) in [5.74, 6) is -2.14. The molecule has 0 radical (unpaired) electrons. The molecule has 0 aromatic carbocycles. The van der Waals surface area contributed by atoms with Gasteiger partial charge in [0.05, 0.1) is 11.1 Å². The van der Waals surface area contributed by atoms with E-state index in [0.717, 1.165) is 25.7 Å². The highest BCUT2D eigenvalue weighted by Crippen LogP contribution is 2.45.